The summed E-state index contributed by atoms with van der Waals surface area (Å²) in [5, 5.41) is 11.2. The minimum atomic E-state index is -0.488. The molecule has 1 aromatic carbocycles. The Kier molecular flexibility index (Phi) is 4.09. The lowest BCUT2D eigenvalue weighted by molar-refractivity contribution is -0.385. The molecule has 1 aromatic heterocycles. The normalized spacial score (nSPS) is 17.6. The molecule has 0 N–H and O–H groups in total. The van der Waals surface area contributed by atoms with Gasteiger partial charge in [0.15, 0.2) is 0 Å². The van der Waals surface area contributed by atoms with Gasteiger partial charge in [-0.1, -0.05) is 29.8 Å². The van der Waals surface area contributed by atoms with Crippen molar-refractivity contribution in [3.8, 4) is 0 Å². The van der Waals surface area contributed by atoms with E-state index >= 15 is 0 Å². The molecule has 0 saturated heterocycles. The molecule has 1 atom stereocenters. The smallest absolute Gasteiger partial charge is 0.289 e. The van der Waals surface area contributed by atoms with Crippen molar-refractivity contribution in [1.29, 1.82) is 0 Å². The summed E-state index contributed by atoms with van der Waals surface area (Å²) in [5.74, 6) is 0.579. The van der Waals surface area contributed by atoms with Crippen LogP contribution in [0.4, 0.5) is 17.2 Å². The molecule has 7 heteroatoms. The molecule has 2 heterocycles. The van der Waals surface area contributed by atoms with Crippen LogP contribution in [0.5, 0.6) is 0 Å². The van der Waals surface area contributed by atoms with Crippen molar-refractivity contribution in [1.82, 2.24) is 4.98 Å². The van der Waals surface area contributed by atoms with Gasteiger partial charge in [0.2, 0.25) is 0 Å². The van der Waals surface area contributed by atoms with Gasteiger partial charge in [-0.05, 0) is 18.6 Å². The van der Waals surface area contributed by atoms with E-state index in [0.29, 0.717) is 17.4 Å². The quantitative estimate of drug-likeness (QED) is 0.622. The molecule has 2 aromatic rings. The lowest BCUT2D eigenvalue weighted by Gasteiger charge is -2.30. The molecule has 3 rings (SSSR count). The van der Waals surface area contributed by atoms with Crippen LogP contribution in [0.1, 0.15) is 12.5 Å². The Morgan fingerprint density at radius 1 is 1.39 bits per heavy atom. The topological polar surface area (TPSA) is 62.5 Å². The molecule has 0 spiro atoms. The third-order valence-corrected chi connectivity index (χ3v) is 4.38. The predicted molar refractivity (Wildman–Crippen MR) is 91.3 cm³/mol. The number of para-hydroxylation sites is 1. The molecule has 0 unspecified atom stereocenters. The molecule has 120 valence electrons. The fraction of sp³-hybridized carbons (Fsp3) is 0.312. The van der Waals surface area contributed by atoms with Crippen LogP contribution in [0, 0.1) is 10.1 Å². The largest absolute Gasteiger partial charge is 0.372 e. The van der Waals surface area contributed by atoms with Crippen LogP contribution in [-0.4, -0.2) is 29.5 Å². The predicted octanol–water partition coefficient (Wildman–Crippen LogP) is 3.49. The first-order chi connectivity index (χ1) is 11.0. The van der Waals surface area contributed by atoms with Crippen LogP contribution >= 0.6 is 11.6 Å². The molecule has 0 fully saturated rings. The number of nitro groups is 1. The summed E-state index contributed by atoms with van der Waals surface area (Å²) < 4.78 is 0. The Hall–Kier alpha value is -2.34. The van der Waals surface area contributed by atoms with Crippen molar-refractivity contribution in [3.63, 3.8) is 0 Å². The summed E-state index contributed by atoms with van der Waals surface area (Å²) in [4.78, 5) is 18.9. The maximum Gasteiger partial charge on any atom is 0.289 e. The molecule has 0 aliphatic carbocycles. The van der Waals surface area contributed by atoms with Gasteiger partial charge in [-0.25, -0.2) is 4.98 Å². The Balaban J connectivity index is 2.01. The summed E-state index contributed by atoms with van der Waals surface area (Å²) in [6.07, 6.45) is 1.26. The molecular weight excluding hydrogens is 316 g/mol. The van der Waals surface area contributed by atoms with Gasteiger partial charge < -0.3 is 9.80 Å². The number of benzene rings is 1. The fourth-order valence-electron chi connectivity index (χ4n) is 2.96. The maximum atomic E-state index is 10.9. The number of rotatable bonds is 2. The molecule has 0 amide bonds. The highest BCUT2D eigenvalue weighted by atomic mass is 35.5. The van der Waals surface area contributed by atoms with Crippen LogP contribution in [0.15, 0.2) is 36.5 Å². The van der Waals surface area contributed by atoms with E-state index in [2.05, 4.69) is 40.9 Å². The van der Waals surface area contributed by atoms with Crippen molar-refractivity contribution in [3.05, 3.63) is 57.2 Å². The van der Waals surface area contributed by atoms with E-state index in [9.17, 15) is 10.1 Å². The minimum Gasteiger partial charge on any atom is -0.372 e. The SMILES string of the molecule is C[C@@H]1CN(C)c2ccccc2CN1c1ncc([N+](=O)[O-])cc1Cl. The average molecular weight is 333 g/mol. The van der Waals surface area contributed by atoms with E-state index in [-0.39, 0.29) is 11.7 Å². The standard InChI is InChI=1S/C16H17ClN4O2/c1-11-9-19(2)15-6-4-3-5-12(15)10-20(11)16-14(17)7-13(8-18-16)21(22)23/h3-8,11H,9-10H2,1-2H3/t11-/m1/s1. The number of hydrogen-bond acceptors (Lipinski definition) is 5. The van der Waals surface area contributed by atoms with Crippen LogP contribution in [-0.2, 0) is 6.54 Å². The van der Waals surface area contributed by atoms with Gasteiger partial charge in [-0.15, -0.1) is 0 Å². The number of aromatic nitrogens is 1. The summed E-state index contributed by atoms with van der Waals surface area (Å²) >= 11 is 6.27. The fourth-order valence-corrected chi connectivity index (χ4v) is 3.23. The lowest BCUT2D eigenvalue weighted by atomic mass is 10.1. The third-order valence-electron chi connectivity index (χ3n) is 4.10. The number of halogens is 1. The third kappa shape index (κ3) is 2.94. The Morgan fingerprint density at radius 2 is 2.13 bits per heavy atom. The molecule has 1 aliphatic heterocycles. The number of anilines is 2. The van der Waals surface area contributed by atoms with Crippen LogP contribution in [0.3, 0.4) is 0 Å². The van der Waals surface area contributed by atoms with E-state index in [4.69, 9.17) is 11.6 Å². The van der Waals surface area contributed by atoms with Gasteiger partial charge in [0.1, 0.15) is 12.0 Å². The second-order valence-electron chi connectivity index (χ2n) is 5.74. The lowest BCUT2D eigenvalue weighted by Crippen LogP contribution is -2.38. The zero-order valence-corrected chi connectivity index (χ0v) is 13.7. The first-order valence-corrected chi connectivity index (χ1v) is 7.71. The van der Waals surface area contributed by atoms with E-state index in [1.807, 2.05) is 12.1 Å². The summed E-state index contributed by atoms with van der Waals surface area (Å²) in [6, 6.07) is 9.72. The van der Waals surface area contributed by atoms with E-state index in [1.165, 1.54) is 23.5 Å². The molecule has 6 nitrogen and oxygen atoms in total. The second kappa shape index (κ2) is 6.04. The molecule has 0 radical (unpaired) electrons. The van der Waals surface area contributed by atoms with Crippen molar-refractivity contribution in [2.75, 3.05) is 23.4 Å². The number of nitrogens with zero attached hydrogens (tertiary/aromatic N) is 4. The van der Waals surface area contributed by atoms with Crippen LogP contribution < -0.4 is 9.80 Å². The van der Waals surface area contributed by atoms with Crippen LogP contribution in [0.2, 0.25) is 5.02 Å². The molecule has 0 bridgehead atoms. The van der Waals surface area contributed by atoms with Crippen molar-refractivity contribution in [2.45, 2.75) is 19.5 Å². The highest BCUT2D eigenvalue weighted by molar-refractivity contribution is 6.33. The molecule has 1 aliphatic rings. The number of likely N-dealkylation sites (N-methyl/N-ethyl adjacent to an activating group) is 1. The monoisotopic (exact) mass is 332 g/mol. The summed E-state index contributed by atoms with van der Waals surface area (Å²) in [5.41, 5.74) is 2.26. The average Bonchev–Trinajstić information content (AvgIpc) is 2.64. The second-order valence-corrected chi connectivity index (χ2v) is 6.15. The first kappa shape index (κ1) is 15.6. The van der Waals surface area contributed by atoms with Gasteiger partial charge in [0.05, 0.1) is 9.95 Å². The molecular formula is C16H17ClN4O2. The van der Waals surface area contributed by atoms with Crippen molar-refractivity contribution in [2.24, 2.45) is 0 Å². The highest BCUT2D eigenvalue weighted by Gasteiger charge is 2.26. The highest BCUT2D eigenvalue weighted by Crippen LogP contribution is 2.33. The summed E-state index contributed by atoms with van der Waals surface area (Å²) in [6.45, 7) is 3.57. The van der Waals surface area contributed by atoms with Gasteiger partial charge in [0.25, 0.3) is 5.69 Å². The Labute approximate surface area is 139 Å². The van der Waals surface area contributed by atoms with Crippen LogP contribution in [0.25, 0.3) is 0 Å². The molecule has 0 saturated carbocycles. The van der Waals surface area contributed by atoms with Crippen molar-refractivity contribution < 1.29 is 4.92 Å². The van der Waals surface area contributed by atoms with E-state index in [0.717, 1.165) is 6.54 Å². The van der Waals surface area contributed by atoms with E-state index in [1.54, 1.807) is 0 Å². The number of pyridine rings is 1. The minimum absolute atomic E-state index is 0.0984. The number of fused-ring (bicyclic) bond motifs is 1. The molecule has 23 heavy (non-hydrogen) atoms. The zero-order chi connectivity index (χ0) is 16.6. The Morgan fingerprint density at radius 3 is 2.83 bits per heavy atom. The van der Waals surface area contributed by atoms with Gasteiger partial charge in [0, 0.05) is 37.9 Å². The van der Waals surface area contributed by atoms with Crippen molar-refractivity contribution >= 4 is 28.8 Å². The van der Waals surface area contributed by atoms with Gasteiger partial charge in [-0.3, -0.25) is 10.1 Å². The zero-order valence-electron chi connectivity index (χ0n) is 12.9. The van der Waals surface area contributed by atoms with E-state index < -0.39 is 4.92 Å². The maximum absolute atomic E-state index is 10.9. The number of hydrogen-bond donors (Lipinski definition) is 0. The van der Waals surface area contributed by atoms with Gasteiger partial charge >= 0.3 is 0 Å². The first-order valence-electron chi connectivity index (χ1n) is 7.33. The summed E-state index contributed by atoms with van der Waals surface area (Å²) in [7, 11) is 2.06. The Bertz CT molecular complexity index is 753. The van der Waals surface area contributed by atoms with Gasteiger partial charge in [-0.2, -0.15) is 0 Å².